The van der Waals surface area contributed by atoms with Crippen molar-refractivity contribution in [2.24, 2.45) is 11.7 Å². The highest BCUT2D eigenvalue weighted by Gasteiger charge is 2.38. The number of nitrogens with two attached hydrogens (primary N) is 1. The van der Waals surface area contributed by atoms with Crippen LogP contribution in [0.1, 0.15) is 13.3 Å². The van der Waals surface area contributed by atoms with Gasteiger partial charge >= 0.3 is 5.97 Å². The molecule has 0 aromatic rings. The average molecular weight is 159 g/mol. The van der Waals surface area contributed by atoms with Gasteiger partial charge in [0.2, 0.25) is 0 Å². The Labute approximate surface area is 65.3 Å². The van der Waals surface area contributed by atoms with E-state index in [0.29, 0.717) is 19.6 Å². The van der Waals surface area contributed by atoms with Crippen LogP contribution in [0.5, 0.6) is 0 Å². The average Bonchev–Trinajstić information content (AvgIpc) is 1.85. The standard InChI is InChI=1S/C7H13NO3/c1-7(8)4-11-3-2-5(7)6(9)10/h5H,2-4,8H2,1H3,(H,9,10). The summed E-state index contributed by atoms with van der Waals surface area (Å²) < 4.78 is 5.08. The van der Waals surface area contributed by atoms with Gasteiger partial charge in [0.05, 0.1) is 12.5 Å². The molecule has 0 aromatic carbocycles. The van der Waals surface area contributed by atoms with Crippen LogP contribution in [0, 0.1) is 5.92 Å². The van der Waals surface area contributed by atoms with E-state index < -0.39 is 17.4 Å². The lowest BCUT2D eigenvalue weighted by Gasteiger charge is -2.35. The molecular weight excluding hydrogens is 146 g/mol. The second-order valence-corrected chi connectivity index (χ2v) is 3.24. The highest BCUT2D eigenvalue weighted by molar-refractivity contribution is 5.71. The van der Waals surface area contributed by atoms with Crippen molar-refractivity contribution in [1.82, 2.24) is 0 Å². The van der Waals surface area contributed by atoms with E-state index in [-0.39, 0.29) is 0 Å². The zero-order valence-electron chi connectivity index (χ0n) is 6.54. The van der Waals surface area contributed by atoms with Gasteiger partial charge in [0.1, 0.15) is 0 Å². The maximum atomic E-state index is 10.6. The van der Waals surface area contributed by atoms with Crippen LogP contribution in [0.3, 0.4) is 0 Å². The molecule has 0 spiro atoms. The molecule has 11 heavy (non-hydrogen) atoms. The van der Waals surface area contributed by atoms with Gasteiger partial charge in [-0.05, 0) is 13.3 Å². The summed E-state index contributed by atoms with van der Waals surface area (Å²) in [7, 11) is 0. The first-order valence-corrected chi connectivity index (χ1v) is 3.63. The van der Waals surface area contributed by atoms with E-state index in [1.807, 2.05) is 0 Å². The first-order valence-electron chi connectivity index (χ1n) is 3.63. The van der Waals surface area contributed by atoms with Crippen molar-refractivity contribution >= 4 is 5.97 Å². The van der Waals surface area contributed by atoms with Crippen LogP contribution in [0.25, 0.3) is 0 Å². The third kappa shape index (κ3) is 1.70. The maximum absolute atomic E-state index is 10.6. The molecule has 2 unspecified atom stereocenters. The van der Waals surface area contributed by atoms with Crippen LogP contribution in [0.15, 0.2) is 0 Å². The van der Waals surface area contributed by atoms with E-state index in [2.05, 4.69) is 0 Å². The number of carbonyl (C=O) groups is 1. The molecule has 1 heterocycles. The van der Waals surface area contributed by atoms with E-state index in [9.17, 15) is 4.79 Å². The number of carboxylic acids is 1. The molecule has 1 fully saturated rings. The number of carboxylic acid groups (broad SMARTS) is 1. The van der Waals surface area contributed by atoms with Crippen LogP contribution in [0.4, 0.5) is 0 Å². The summed E-state index contributed by atoms with van der Waals surface area (Å²) in [6.07, 6.45) is 0.516. The van der Waals surface area contributed by atoms with Crippen molar-refractivity contribution in [2.75, 3.05) is 13.2 Å². The fraction of sp³-hybridized carbons (Fsp3) is 0.857. The first kappa shape index (κ1) is 8.49. The van der Waals surface area contributed by atoms with Crippen molar-refractivity contribution in [3.05, 3.63) is 0 Å². The van der Waals surface area contributed by atoms with Crippen LogP contribution in [-0.2, 0) is 9.53 Å². The minimum atomic E-state index is -0.821. The molecule has 0 bridgehead atoms. The highest BCUT2D eigenvalue weighted by Crippen LogP contribution is 2.23. The van der Waals surface area contributed by atoms with Crippen molar-refractivity contribution in [3.8, 4) is 0 Å². The fourth-order valence-corrected chi connectivity index (χ4v) is 1.33. The molecule has 0 radical (unpaired) electrons. The SMILES string of the molecule is CC1(N)COCCC1C(=O)O. The van der Waals surface area contributed by atoms with Gasteiger partial charge in [-0.25, -0.2) is 0 Å². The Hall–Kier alpha value is -0.610. The van der Waals surface area contributed by atoms with Crippen LogP contribution in [-0.4, -0.2) is 29.8 Å². The Bertz CT molecular complexity index is 167. The quantitative estimate of drug-likeness (QED) is 0.557. The minimum Gasteiger partial charge on any atom is -0.481 e. The van der Waals surface area contributed by atoms with Gasteiger partial charge in [0, 0.05) is 12.1 Å². The van der Waals surface area contributed by atoms with Crippen molar-refractivity contribution in [1.29, 1.82) is 0 Å². The fourth-order valence-electron chi connectivity index (χ4n) is 1.33. The molecule has 4 heteroatoms. The van der Waals surface area contributed by atoms with Crippen molar-refractivity contribution < 1.29 is 14.6 Å². The van der Waals surface area contributed by atoms with Crippen molar-refractivity contribution in [2.45, 2.75) is 18.9 Å². The zero-order valence-corrected chi connectivity index (χ0v) is 6.54. The molecule has 2 atom stereocenters. The van der Waals surface area contributed by atoms with Gasteiger partial charge in [-0.15, -0.1) is 0 Å². The molecule has 0 aromatic heterocycles. The monoisotopic (exact) mass is 159 g/mol. The van der Waals surface area contributed by atoms with Gasteiger partial charge in [-0.1, -0.05) is 0 Å². The Morgan fingerprint density at radius 1 is 1.82 bits per heavy atom. The molecule has 1 saturated heterocycles. The topological polar surface area (TPSA) is 72.5 Å². The summed E-state index contributed by atoms with van der Waals surface area (Å²) in [6, 6.07) is 0. The number of hydrogen-bond acceptors (Lipinski definition) is 3. The van der Waals surface area contributed by atoms with Crippen LogP contribution < -0.4 is 5.73 Å². The largest absolute Gasteiger partial charge is 0.481 e. The lowest BCUT2D eigenvalue weighted by Crippen LogP contribution is -2.54. The normalized spacial score (nSPS) is 38.5. The Morgan fingerprint density at radius 3 is 2.82 bits per heavy atom. The third-order valence-corrected chi connectivity index (χ3v) is 2.06. The number of aliphatic carboxylic acids is 1. The lowest BCUT2D eigenvalue weighted by molar-refractivity contribution is -0.148. The third-order valence-electron chi connectivity index (χ3n) is 2.06. The van der Waals surface area contributed by atoms with Crippen molar-refractivity contribution in [3.63, 3.8) is 0 Å². The van der Waals surface area contributed by atoms with Gasteiger partial charge < -0.3 is 15.6 Å². The predicted octanol–water partition coefficient (Wildman–Crippen LogP) is -0.175. The summed E-state index contributed by atoms with van der Waals surface area (Å²) in [6.45, 7) is 2.55. The molecule has 0 saturated carbocycles. The molecule has 0 amide bonds. The molecule has 1 aliphatic heterocycles. The van der Waals surface area contributed by atoms with E-state index in [4.69, 9.17) is 15.6 Å². The summed E-state index contributed by atoms with van der Waals surface area (Å²) >= 11 is 0. The van der Waals surface area contributed by atoms with Gasteiger partial charge in [-0.2, -0.15) is 0 Å². The van der Waals surface area contributed by atoms with Crippen LogP contribution >= 0.6 is 0 Å². The molecule has 3 N–H and O–H groups in total. The number of rotatable bonds is 1. The number of hydrogen-bond donors (Lipinski definition) is 2. The van der Waals surface area contributed by atoms with E-state index in [0.717, 1.165) is 0 Å². The van der Waals surface area contributed by atoms with Gasteiger partial charge in [0.25, 0.3) is 0 Å². The van der Waals surface area contributed by atoms with E-state index in [1.165, 1.54) is 0 Å². The van der Waals surface area contributed by atoms with Gasteiger partial charge in [0.15, 0.2) is 0 Å². The molecule has 0 aliphatic carbocycles. The Morgan fingerprint density at radius 2 is 2.45 bits per heavy atom. The van der Waals surface area contributed by atoms with E-state index >= 15 is 0 Å². The zero-order chi connectivity index (χ0) is 8.48. The van der Waals surface area contributed by atoms with Crippen LogP contribution in [0.2, 0.25) is 0 Å². The van der Waals surface area contributed by atoms with E-state index in [1.54, 1.807) is 6.92 Å². The summed E-state index contributed by atoms with van der Waals surface area (Å²) in [4.78, 5) is 10.6. The minimum absolute atomic E-state index is 0.337. The molecular formula is C7H13NO3. The maximum Gasteiger partial charge on any atom is 0.308 e. The first-order chi connectivity index (χ1) is 5.04. The molecule has 1 rings (SSSR count). The summed E-state index contributed by atoms with van der Waals surface area (Å²) in [5.41, 5.74) is 5.01. The highest BCUT2D eigenvalue weighted by atomic mass is 16.5. The molecule has 64 valence electrons. The smallest absolute Gasteiger partial charge is 0.308 e. The molecule has 1 aliphatic rings. The summed E-state index contributed by atoms with van der Waals surface area (Å²) in [5, 5.41) is 8.74. The van der Waals surface area contributed by atoms with Gasteiger partial charge in [-0.3, -0.25) is 4.79 Å². The Kier molecular flexibility index (Phi) is 2.15. The number of ether oxygens (including phenoxy) is 1. The second kappa shape index (κ2) is 2.79. The second-order valence-electron chi connectivity index (χ2n) is 3.24. The predicted molar refractivity (Wildman–Crippen MR) is 39.2 cm³/mol. The summed E-state index contributed by atoms with van der Waals surface area (Å²) in [5.74, 6) is -1.28. The molecule has 4 nitrogen and oxygen atoms in total. The Balaban J connectivity index is 2.67. The lowest BCUT2D eigenvalue weighted by atomic mass is 9.83.